The standard InChI is InChI=1S/C30H36FN3O4/c1-4-22(5-2)19-30(36)11-14-34(15-12-30)29(35)33-24-16-26(37-25-8-6-23(31)7-9-25)18-27(17-24)38-28-10-13-32-20-21(28)3/h6-10,13,16-18,20,22,36H,4-5,11-12,14-15,19H2,1-3H3,(H,33,35). The maximum Gasteiger partial charge on any atom is 0.321 e. The predicted octanol–water partition coefficient (Wildman–Crippen LogP) is 7.30. The number of hydrogen-bond acceptors (Lipinski definition) is 5. The molecule has 2 aromatic carbocycles. The van der Waals surface area contributed by atoms with Gasteiger partial charge in [-0.05, 0) is 62.4 Å². The number of piperidine rings is 1. The van der Waals surface area contributed by atoms with Crippen molar-refractivity contribution in [1.29, 1.82) is 0 Å². The molecule has 4 rings (SSSR count). The van der Waals surface area contributed by atoms with Crippen molar-refractivity contribution in [2.45, 2.75) is 58.5 Å². The number of nitrogens with one attached hydrogen (secondary N) is 1. The van der Waals surface area contributed by atoms with Gasteiger partial charge < -0.3 is 24.8 Å². The lowest BCUT2D eigenvalue weighted by molar-refractivity contribution is -0.0309. The van der Waals surface area contributed by atoms with E-state index in [9.17, 15) is 14.3 Å². The number of urea groups is 1. The molecule has 0 atom stereocenters. The van der Waals surface area contributed by atoms with Crippen LogP contribution in [0.2, 0.25) is 0 Å². The van der Waals surface area contributed by atoms with Gasteiger partial charge in [-0.15, -0.1) is 0 Å². The summed E-state index contributed by atoms with van der Waals surface area (Å²) in [6.07, 6.45) is 7.32. The zero-order valence-electron chi connectivity index (χ0n) is 22.2. The second kappa shape index (κ2) is 12.3. The summed E-state index contributed by atoms with van der Waals surface area (Å²) in [7, 11) is 0. The number of anilines is 1. The van der Waals surface area contributed by atoms with Crippen molar-refractivity contribution >= 4 is 11.7 Å². The maximum atomic E-state index is 13.4. The second-order valence-corrected chi connectivity index (χ2v) is 10.0. The number of pyridine rings is 1. The summed E-state index contributed by atoms with van der Waals surface area (Å²) in [6.45, 7) is 7.16. The fourth-order valence-electron chi connectivity index (χ4n) is 4.75. The van der Waals surface area contributed by atoms with E-state index in [1.165, 1.54) is 24.3 Å². The number of hydrogen-bond donors (Lipinski definition) is 2. The number of ether oxygens (including phenoxy) is 2. The molecule has 0 spiro atoms. The highest BCUT2D eigenvalue weighted by Crippen LogP contribution is 2.35. The summed E-state index contributed by atoms with van der Waals surface area (Å²) >= 11 is 0. The van der Waals surface area contributed by atoms with Gasteiger partial charge in [-0.2, -0.15) is 0 Å². The average Bonchev–Trinajstić information content (AvgIpc) is 2.90. The van der Waals surface area contributed by atoms with Gasteiger partial charge in [0, 0.05) is 54.9 Å². The SMILES string of the molecule is CCC(CC)CC1(O)CCN(C(=O)Nc2cc(Oc3ccc(F)cc3)cc(Oc3ccncc3C)c2)CC1. The highest BCUT2D eigenvalue weighted by Gasteiger charge is 2.35. The van der Waals surface area contributed by atoms with E-state index < -0.39 is 5.60 Å². The van der Waals surface area contributed by atoms with Gasteiger partial charge in [-0.25, -0.2) is 9.18 Å². The molecule has 0 bridgehead atoms. The minimum absolute atomic E-state index is 0.250. The molecule has 202 valence electrons. The van der Waals surface area contributed by atoms with Gasteiger partial charge in [0.2, 0.25) is 0 Å². The van der Waals surface area contributed by atoms with Crippen molar-refractivity contribution < 1.29 is 23.8 Å². The van der Waals surface area contributed by atoms with Gasteiger partial charge in [0.15, 0.2) is 0 Å². The monoisotopic (exact) mass is 521 g/mol. The van der Waals surface area contributed by atoms with Gasteiger partial charge in [0.05, 0.1) is 5.60 Å². The quantitative estimate of drug-likeness (QED) is 0.309. The molecular formula is C30H36FN3O4. The van der Waals surface area contributed by atoms with E-state index in [4.69, 9.17) is 9.47 Å². The molecule has 38 heavy (non-hydrogen) atoms. The molecule has 2 amide bonds. The molecule has 1 aliphatic heterocycles. The highest BCUT2D eigenvalue weighted by atomic mass is 19.1. The van der Waals surface area contributed by atoms with Crippen LogP contribution in [0.5, 0.6) is 23.0 Å². The summed E-state index contributed by atoms with van der Waals surface area (Å²) in [4.78, 5) is 19.0. The number of carbonyl (C=O) groups is 1. The molecule has 1 aliphatic rings. The zero-order chi connectivity index (χ0) is 27.1. The molecule has 1 aromatic heterocycles. The minimum Gasteiger partial charge on any atom is -0.457 e. The van der Waals surface area contributed by atoms with Crippen LogP contribution < -0.4 is 14.8 Å². The lowest BCUT2D eigenvalue weighted by Crippen LogP contribution is -2.48. The number of aryl methyl sites for hydroxylation is 1. The third kappa shape index (κ3) is 7.22. The van der Waals surface area contributed by atoms with E-state index in [0.29, 0.717) is 60.5 Å². The molecule has 0 unspecified atom stereocenters. The highest BCUT2D eigenvalue weighted by molar-refractivity contribution is 5.90. The number of amides is 2. The Morgan fingerprint density at radius 1 is 1.05 bits per heavy atom. The van der Waals surface area contributed by atoms with Gasteiger partial charge >= 0.3 is 6.03 Å². The Morgan fingerprint density at radius 3 is 2.34 bits per heavy atom. The van der Waals surface area contributed by atoms with E-state index in [0.717, 1.165) is 24.8 Å². The molecule has 7 nitrogen and oxygen atoms in total. The van der Waals surface area contributed by atoms with Crippen molar-refractivity contribution in [3.63, 3.8) is 0 Å². The Kier molecular flexibility index (Phi) is 8.84. The van der Waals surface area contributed by atoms with Crippen LogP contribution in [0, 0.1) is 18.7 Å². The van der Waals surface area contributed by atoms with E-state index in [2.05, 4.69) is 24.1 Å². The van der Waals surface area contributed by atoms with E-state index in [1.54, 1.807) is 41.6 Å². The van der Waals surface area contributed by atoms with Gasteiger partial charge in [-0.3, -0.25) is 4.98 Å². The van der Waals surface area contributed by atoms with Crippen LogP contribution >= 0.6 is 0 Å². The summed E-state index contributed by atoms with van der Waals surface area (Å²) in [5, 5.41) is 14.0. The summed E-state index contributed by atoms with van der Waals surface area (Å²) < 4.78 is 25.4. The first-order valence-electron chi connectivity index (χ1n) is 13.2. The molecule has 1 saturated heterocycles. The summed E-state index contributed by atoms with van der Waals surface area (Å²) in [5.41, 5.74) is 0.631. The molecular weight excluding hydrogens is 485 g/mol. The molecule has 2 N–H and O–H groups in total. The Hall–Kier alpha value is -3.65. The van der Waals surface area contributed by atoms with Crippen LogP contribution in [-0.2, 0) is 0 Å². The molecule has 0 saturated carbocycles. The Bertz CT molecular complexity index is 1220. The van der Waals surface area contributed by atoms with Crippen LogP contribution in [0.15, 0.2) is 60.9 Å². The number of aromatic nitrogens is 1. The second-order valence-electron chi connectivity index (χ2n) is 10.0. The number of halogens is 1. The van der Waals surface area contributed by atoms with Crippen LogP contribution in [-0.4, -0.2) is 39.7 Å². The van der Waals surface area contributed by atoms with Crippen LogP contribution in [0.25, 0.3) is 0 Å². The number of nitrogens with zero attached hydrogens (tertiary/aromatic N) is 2. The number of aliphatic hydroxyl groups is 1. The average molecular weight is 522 g/mol. The maximum absolute atomic E-state index is 13.4. The lowest BCUT2D eigenvalue weighted by Gasteiger charge is -2.39. The number of rotatable bonds is 9. The van der Waals surface area contributed by atoms with E-state index in [-0.39, 0.29) is 11.8 Å². The first-order valence-corrected chi connectivity index (χ1v) is 13.2. The summed E-state index contributed by atoms with van der Waals surface area (Å²) in [5.74, 6) is 2.11. The smallest absolute Gasteiger partial charge is 0.321 e. The third-order valence-corrected chi connectivity index (χ3v) is 7.18. The minimum atomic E-state index is -0.722. The Balaban J connectivity index is 1.49. The number of likely N-dealkylation sites (tertiary alicyclic amines) is 1. The number of benzene rings is 2. The molecule has 1 fully saturated rings. The van der Waals surface area contributed by atoms with E-state index >= 15 is 0 Å². The lowest BCUT2D eigenvalue weighted by atomic mass is 9.81. The Morgan fingerprint density at radius 2 is 1.71 bits per heavy atom. The fraction of sp³-hybridized carbons (Fsp3) is 0.400. The van der Waals surface area contributed by atoms with Crippen LogP contribution in [0.4, 0.5) is 14.9 Å². The van der Waals surface area contributed by atoms with Crippen molar-refractivity contribution in [1.82, 2.24) is 9.88 Å². The summed E-state index contributed by atoms with van der Waals surface area (Å²) in [6, 6.07) is 12.3. The van der Waals surface area contributed by atoms with Crippen molar-refractivity contribution in [3.05, 3.63) is 72.3 Å². The van der Waals surface area contributed by atoms with Crippen molar-refractivity contribution in [2.24, 2.45) is 5.92 Å². The van der Waals surface area contributed by atoms with Crippen molar-refractivity contribution in [3.8, 4) is 23.0 Å². The predicted molar refractivity (Wildman–Crippen MR) is 145 cm³/mol. The van der Waals surface area contributed by atoms with Gasteiger partial charge in [0.1, 0.15) is 28.8 Å². The fourth-order valence-corrected chi connectivity index (χ4v) is 4.75. The molecule has 0 radical (unpaired) electrons. The first-order chi connectivity index (χ1) is 18.3. The topological polar surface area (TPSA) is 83.9 Å². The number of carbonyl (C=O) groups excluding carboxylic acids is 1. The zero-order valence-corrected chi connectivity index (χ0v) is 22.2. The molecule has 8 heteroatoms. The third-order valence-electron chi connectivity index (χ3n) is 7.18. The molecule has 0 aliphatic carbocycles. The van der Waals surface area contributed by atoms with Crippen LogP contribution in [0.1, 0.15) is 51.5 Å². The molecule has 2 heterocycles. The first kappa shape index (κ1) is 27.4. The largest absolute Gasteiger partial charge is 0.457 e. The van der Waals surface area contributed by atoms with Crippen molar-refractivity contribution in [2.75, 3.05) is 18.4 Å². The normalized spacial score (nSPS) is 14.8. The van der Waals surface area contributed by atoms with Crippen LogP contribution in [0.3, 0.4) is 0 Å². The van der Waals surface area contributed by atoms with E-state index in [1.807, 2.05) is 6.92 Å². The Labute approximate surface area is 223 Å². The van der Waals surface area contributed by atoms with Gasteiger partial charge in [-0.1, -0.05) is 26.7 Å². The molecule has 3 aromatic rings. The van der Waals surface area contributed by atoms with Gasteiger partial charge in [0.25, 0.3) is 0 Å².